The van der Waals surface area contributed by atoms with E-state index in [2.05, 4.69) is 18.8 Å². The van der Waals surface area contributed by atoms with Crippen molar-refractivity contribution in [2.75, 3.05) is 13.7 Å². The standard InChI is InChI=1S/C21H21NO4/c1-14(2)13-25-19-12-15(9-10-18(19)24-3)11-17-21(23)26-20(22-17)16-7-5-4-6-8-16/h4-12,14H,13H2,1-3H3/b17-11-. The van der Waals surface area contributed by atoms with Gasteiger partial charge in [-0.3, -0.25) is 0 Å². The maximum absolute atomic E-state index is 12.1. The van der Waals surface area contributed by atoms with Crippen molar-refractivity contribution in [2.24, 2.45) is 10.9 Å². The minimum atomic E-state index is -0.468. The largest absolute Gasteiger partial charge is 0.493 e. The lowest BCUT2D eigenvalue weighted by molar-refractivity contribution is -0.129. The predicted octanol–water partition coefficient (Wildman–Crippen LogP) is 4.07. The van der Waals surface area contributed by atoms with E-state index in [0.717, 1.165) is 11.1 Å². The van der Waals surface area contributed by atoms with Gasteiger partial charge in [0.05, 0.1) is 13.7 Å². The molecule has 0 aromatic heterocycles. The maximum atomic E-state index is 12.1. The van der Waals surface area contributed by atoms with Gasteiger partial charge in [0.1, 0.15) is 0 Å². The minimum absolute atomic E-state index is 0.254. The molecule has 0 atom stereocenters. The van der Waals surface area contributed by atoms with E-state index < -0.39 is 5.97 Å². The summed E-state index contributed by atoms with van der Waals surface area (Å²) in [4.78, 5) is 16.4. The number of benzene rings is 2. The number of esters is 1. The zero-order chi connectivity index (χ0) is 18.5. The Morgan fingerprint density at radius 2 is 1.88 bits per heavy atom. The molecule has 5 heteroatoms. The molecule has 134 valence electrons. The van der Waals surface area contributed by atoms with E-state index in [1.54, 1.807) is 13.2 Å². The first-order valence-corrected chi connectivity index (χ1v) is 8.45. The summed E-state index contributed by atoms with van der Waals surface area (Å²) >= 11 is 0. The molecule has 0 spiro atoms. The van der Waals surface area contributed by atoms with Gasteiger partial charge < -0.3 is 14.2 Å². The average molecular weight is 351 g/mol. The van der Waals surface area contributed by atoms with Crippen molar-refractivity contribution in [3.8, 4) is 11.5 Å². The Kier molecular flexibility index (Phi) is 5.37. The molecule has 0 bridgehead atoms. The summed E-state index contributed by atoms with van der Waals surface area (Å²) in [6.07, 6.45) is 1.68. The van der Waals surface area contributed by atoms with Crippen LogP contribution in [-0.4, -0.2) is 25.6 Å². The first kappa shape index (κ1) is 17.7. The maximum Gasteiger partial charge on any atom is 0.363 e. The number of methoxy groups -OCH3 is 1. The monoisotopic (exact) mass is 351 g/mol. The number of hydrogen-bond donors (Lipinski definition) is 0. The van der Waals surface area contributed by atoms with Crippen molar-refractivity contribution in [1.29, 1.82) is 0 Å². The number of cyclic esters (lactones) is 1. The van der Waals surface area contributed by atoms with Crippen molar-refractivity contribution in [1.82, 2.24) is 0 Å². The third kappa shape index (κ3) is 4.11. The molecule has 0 saturated carbocycles. The fourth-order valence-corrected chi connectivity index (χ4v) is 2.42. The fraction of sp³-hybridized carbons (Fsp3) is 0.238. The zero-order valence-corrected chi connectivity index (χ0v) is 15.1. The lowest BCUT2D eigenvalue weighted by Crippen LogP contribution is -2.06. The fourth-order valence-electron chi connectivity index (χ4n) is 2.42. The summed E-state index contributed by atoms with van der Waals surface area (Å²) in [5.74, 6) is 1.52. The molecule has 26 heavy (non-hydrogen) atoms. The first-order valence-electron chi connectivity index (χ1n) is 8.45. The van der Waals surface area contributed by atoms with Gasteiger partial charge in [-0.1, -0.05) is 38.1 Å². The summed E-state index contributed by atoms with van der Waals surface area (Å²) in [7, 11) is 1.60. The minimum Gasteiger partial charge on any atom is -0.493 e. The van der Waals surface area contributed by atoms with Gasteiger partial charge in [0.2, 0.25) is 5.90 Å². The Morgan fingerprint density at radius 1 is 1.12 bits per heavy atom. The molecule has 2 aromatic rings. The topological polar surface area (TPSA) is 57.1 Å². The molecule has 0 aliphatic carbocycles. The lowest BCUT2D eigenvalue weighted by atomic mass is 10.1. The molecule has 0 fully saturated rings. The van der Waals surface area contributed by atoms with Gasteiger partial charge in [-0.25, -0.2) is 9.79 Å². The lowest BCUT2D eigenvalue weighted by Gasteiger charge is -2.13. The predicted molar refractivity (Wildman–Crippen MR) is 100 cm³/mol. The van der Waals surface area contributed by atoms with Crippen LogP contribution in [0.1, 0.15) is 25.0 Å². The molecule has 0 radical (unpaired) electrons. The van der Waals surface area contributed by atoms with Crippen LogP contribution in [0, 0.1) is 5.92 Å². The van der Waals surface area contributed by atoms with Crippen LogP contribution in [0.3, 0.4) is 0 Å². The molecule has 0 saturated heterocycles. The van der Waals surface area contributed by atoms with Crippen LogP contribution in [0.25, 0.3) is 6.08 Å². The Hall–Kier alpha value is -3.08. The first-order chi connectivity index (χ1) is 12.6. The molecule has 0 N–H and O–H groups in total. The Morgan fingerprint density at radius 3 is 2.58 bits per heavy atom. The summed E-state index contributed by atoms with van der Waals surface area (Å²) in [6.45, 7) is 4.73. The molecule has 1 heterocycles. The smallest absolute Gasteiger partial charge is 0.363 e. The Bertz CT molecular complexity index is 854. The molecule has 5 nitrogen and oxygen atoms in total. The average Bonchev–Trinajstić information content (AvgIpc) is 3.01. The highest BCUT2D eigenvalue weighted by molar-refractivity contribution is 6.12. The summed E-state index contributed by atoms with van der Waals surface area (Å²) in [5, 5.41) is 0. The number of carbonyl (C=O) groups excluding carboxylic acids is 1. The van der Waals surface area contributed by atoms with Crippen molar-refractivity contribution in [3.63, 3.8) is 0 Å². The Labute approximate surface area is 152 Å². The highest BCUT2D eigenvalue weighted by Gasteiger charge is 2.24. The molecule has 3 rings (SSSR count). The Balaban J connectivity index is 1.88. The van der Waals surface area contributed by atoms with E-state index in [0.29, 0.717) is 29.9 Å². The second-order valence-electron chi connectivity index (χ2n) is 6.32. The van der Waals surface area contributed by atoms with E-state index in [9.17, 15) is 4.79 Å². The van der Waals surface area contributed by atoms with Crippen molar-refractivity contribution >= 4 is 17.9 Å². The number of nitrogens with zero attached hydrogens (tertiary/aromatic N) is 1. The molecule has 1 aliphatic heterocycles. The third-order valence-electron chi connectivity index (χ3n) is 3.70. The van der Waals surface area contributed by atoms with Crippen LogP contribution in [-0.2, 0) is 9.53 Å². The van der Waals surface area contributed by atoms with Crippen molar-refractivity contribution in [2.45, 2.75) is 13.8 Å². The number of aliphatic imine (C=N–C) groups is 1. The number of rotatable bonds is 6. The van der Waals surface area contributed by atoms with E-state index in [4.69, 9.17) is 14.2 Å². The molecule has 2 aromatic carbocycles. The van der Waals surface area contributed by atoms with Gasteiger partial charge in [-0.2, -0.15) is 0 Å². The summed E-state index contributed by atoms with van der Waals surface area (Å²) in [6, 6.07) is 14.8. The summed E-state index contributed by atoms with van der Waals surface area (Å²) < 4.78 is 16.4. The number of carbonyl (C=O) groups is 1. The molecule has 0 unspecified atom stereocenters. The van der Waals surface area contributed by atoms with Crippen molar-refractivity contribution < 1.29 is 19.0 Å². The molecule has 0 amide bonds. The quantitative estimate of drug-likeness (QED) is 0.581. The zero-order valence-electron chi connectivity index (χ0n) is 15.1. The SMILES string of the molecule is COc1ccc(/C=C2\N=C(c3ccccc3)OC2=O)cc1OCC(C)C. The summed E-state index contributed by atoms with van der Waals surface area (Å²) in [5.41, 5.74) is 1.80. The highest BCUT2D eigenvalue weighted by Crippen LogP contribution is 2.30. The van der Waals surface area contributed by atoms with Gasteiger partial charge in [-0.05, 0) is 41.8 Å². The molecular formula is C21H21NO4. The third-order valence-corrected chi connectivity index (χ3v) is 3.70. The van der Waals surface area contributed by atoms with E-state index >= 15 is 0 Å². The van der Waals surface area contributed by atoms with Crippen LogP contribution in [0.15, 0.2) is 59.2 Å². The van der Waals surface area contributed by atoms with Crippen LogP contribution >= 0.6 is 0 Å². The molecular weight excluding hydrogens is 330 g/mol. The van der Waals surface area contributed by atoms with Gasteiger partial charge in [0.25, 0.3) is 0 Å². The normalized spacial score (nSPS) is 15.2. The van der Waals surface area contributed by atoms with Crippen LogP contribution in [0.2, 0.25) is 0 Å². The van der Waals surface area contributed by atoms with Gasteiger partial charge in [0, 0.05) is 5.56 Å². The van der Waals surface area contributed by atoms with E-state index in [-0.39, 0.29) is 5.70 Å². The van der Waals surface area contributed by atoms with Crippen LogP contribution < -0.4 is 9.47 Å². The van der Waals surface area contributed by atoms with E-state index in [1.807, 2.05) is 48.5 Å². The van der Waals surface area contributed by atoms with Gasteiger partial charge in [-0.15, -0.1) is 0 Å². The van der Waals surface area contributed by atoms with Crippen LogP contribution in [0.5, 0.6) is 11.5 Å². The number of ether oxygens (including phenoxy) is 3. The highest BCUT2D eigenvalue weighted by atomic mass is 16.6. The second kappa shape index (κ2) is 7.87. The van der Waals surface area contributed by atoms with Gasteiger partial charge >= 0.3 is 5.97 Å². The van der Waals surface area contributed by atoms with Crippen LogP contribution in [0.4, 0.5) is 0 Å². The van der Waals surface area contributed by atoms with Crippen molar-refractivity contribution in [3.05, 3.63) is 65.4 Å². The number of hydrogen-bond acceptors (Lipinski definition) is 5. The van der Waals surface area contributed by atoms with Gasteiger partial charge in [0.15, 0.2) is 17.2 Å². The van der Waals surface area contributed by atoms with E-state index in [1.165, 1.54) is 0 Å². The second-order valence-corrected chi connectivity index (χ2v) is 6.32. The molecule has 1 aliphatic rings.